The van der Waals surface area contributed by atoms with Crippen molar-refractivity contribution >= 4 is 27.8 Å². The van der Waals surface area contributed by atoms with E-state index in [1.807, 2.05) is 12.1 Å². The summed E-state index contributed by atoms with van der Waals surface area (Å²) in [5, 5.41) is 11.4. The smallest absolute Gasteiger partial charge is 0.307 e. The fourth-order valence-electron chi connectivity index (χ4n) is 5.02. The van der Waals surface area contributed by atoms with E-state index < -0.39 is 5.97 Å². The van der Waals surface area contributed by atoms with Gasteiger partial charge in [0.1, 0.15) is 17.1 Å². The molecule has 0 aliphatic rings. The van der Waals surface area contributed by atoms with E-state index in [2.05, 4.69) is 63.9 Å². The highest BCUT2D eigenvalue weighted by molar-refractivity contribution is 5.86. The molecule has 0 radical (unpaired) electrons. The predicted molar refractivity (Wildman–Crippen MR) is 146 cm³/mol. The highest BCUT2D eigenvalue weighted by Gasteiger charge is 2.18. The van der Waals surface area contributed by atoms with Gasteiger partial charge >= 0.3 is 5.97 Å². The van der Waals surface area contributed by atoms with Crippen molar-refractivity contribution in [2.75, 3.05) is 6.61 Å². The predicted octanol–water partition coefficient (Wildman–Crippen LogP) is 7.66. The highest BCUT2D eigenvalue weighted by Crippen LogP contribution is 2.34. The van der Waals surface area contributed by atoms with E-state index in [1.54, 1.807) is 0 Å². The Hall–Kier alpha value is -3.21. The van der Waals surface area contributed by atoms with Crippen molar-refractivity contribution in [1.82, 2.24) is 4.98 Å². The molecule has 36 heavy (non-hydrogen) atoms. The summed E-state index contributed by atoms with van der Waals surface area (Å²) in [5.41, 5.74) is 6.50. The zero-order chi connectivity index (χ0) is 25.9. The van der Waals surface area contributed by atoms with Gasteiger partial charge < -0.3 is 19.2 Å². The third kappa shape index (κ3) is 6.13. The second-order valence-corrected chi connectivity index (χ2v) is 11.1. The molecule has 0 bridgehead atoms. The number of hydrogen-bond donors (Lipinski definition) is 2. The van der Waals surface area contributed by atoms with Gasteiger partial charge in [-0.05, 0) is 59.7 Å². The molecule has 0 fully saturated rings. The number of carbonyl (C=O) groups is 1. The van der Waals surface area contributed by atoms with Crippen LogP contribution in [0.25, 0.3) is 21.9 Å². The van der Waals surface area contributed by atoms with Crippen LogP contribution in [0, 0.1) is 5.41 Å². The molecule has 0 aliphatic heterocycles. The molecule has 2 aromatic heterocycles. The summed E-state index contributed by atoms with van der Waals surface area (Å²) in [7, 11) is 0. The number of rotatable bonds is 11. The molecule has 2 heterocycles. The second kappa shape index (κ2) is 10.8. The Balaban J connectivity index is 1.53. The number of carboxylic acids is 1. The number of aryl methyl sites for hydroxylation is 2. The van der Waals surface area contributed by atoms with Gasteiger partial charge in [0.15, 0.2) is 0 Å². The topological polar surface area (TPSA) is 75.5 Å². The number of aromatic amines is 1. The lowest BCUT2D eigenvalue weighted by molar-refractivity contribution is -0.136. The first-order valence-electron chi connectivity index (χ1n) is 13.2. The fourth-order valence-corrected chi connectivity index (χ4v) is 5.02. The van der Waals surface area contributed by atoms with Crippen LogP contribution in [0.5, 0.6) is 5.75 Å². The first-order valence-corrected chi connectivity index (χ1v) is 13.2. The Morgan fingerprint density at radius 2 is 1.78 bits per heavy atom. The molecule has 0 saturated carbocycles. The lowest BCUT2D eigenvalue weighted by atomic mass is 9.91. The van der Waals surface area contributed by atoms with Gasteiger partial charge in [-0.2, -0.15) is 0 Å². The van der Waals surface area contributed by atoms with Crippen LogP contribution in [0.3, 0.4) is 0 Å². The van der Waals surface area contributed by atoms with Crippen LogP contribution in [-0.4, -0.2) is 22.7 Å². The molecular formula is C31H39NO4. The van der Waals surface area contributed by atoms with Crippen LogP contribution in [0.4, 0.5) is 0 Å². The Morgan fingerprint density at radius 1 is 1.00 bits per heavy atom. The van der Waals surface area contributed by atoms with Crippen molar-refractivity contribution in [1.29, 1.82) is 0 Å². The van der Waals surface area contributed by atoms with Gasteiger partial charge in [-0.3, -0.25) is 4.79 Å². The zero-order valence-corrected chi connectivity index (χ0v) is 22.3. The standard InChI is InChI=1S/C31H39NO4/c1-6-8-21-14-20(16-28(33)34)15-23-17-24(32-29(21)23)12-13-35-27-11-10-22-18-25(19-31(3,4)5)36-30(22)26(27)9-7-2/h10-11,14-15,17-18,32H,6-9,12-13,16,19H2,1-5H3,(H,33,34). The minimum atomic E-state index is -0.803. The van der Waals surface area contributed by atoms with E-state index in [0.29, 0.717) is 6.61 Å². The molecule has 192 valence electrons. The molecule has 0 amide bonds. The molecule has 0 saturated heterocycles. The van der Waals surface area contributed by atoms with Crippen molar-refractivity contribution in [3.63, 3.8) is 0 Å². The van der Waals surface area contributed by atoms with Crippen LogP contribution < -0.4 is 4.74 Å². The average Bonchev–Trinajstić information content (AvgIpc) is 3.37. The van der Waals surface area contributed by atoms with E-state index in [4.69, 9.17) is 9.15 Å². The van der Waals surface area contributed by atoms with E-state index >= 15 is 0 Å². The maximum atomic E-state index is 11.2. The van der Waals surface area contributed by atoms with Gasteiger partial charge in [-0.1, -0.05) is 53.5 Å². The molecular weight excluding hydrogens is 450 g/mol. The Labute approximate surface area is 213 Å². The third-order valence-corrected chi connectivity index (χ3v) is 6.43. The number of aliphatic carboxylic acids is 1. The molecule has 2 aromatic carbocycles. The number of nitrogens with one attached hydrogen (secondary N) is 1. The average molecular weight is 490 g/mol. The van der Waals surface area contributed by atoms with E-state index in [0.717, 1.165) is 88.7 Å². The van der Waals surface area contributed by atoms with Gasteiger partial charge in [-0.25, -0.2) is 0 Å². The first-order chi connectivity index (χ1) is 17.2. The summed E-state index contributed by atoms with van der Waals surface area (Å²) in [6.07, 6.45) is 5.55. The monoisotopic (exact) mass is 489 g/mol. The zero-order valence-electron chi connectivity index (χ0n) is 22.3. The number of H-pyrrole nitrogens is 1. The highest BCUT2D eigenvalue weighted by atomic mass is 16.5. The Kier molecular flexibility index (Phi) is 7.77. The van der Waals surface area contributed by atoms with Gasteiger partial charge in [0.2, 0.25) is 0 Å². The molecule has 5 heteroatoms. The molecule has 0 spiro atoms. The summed E-state index contributed by atoms with van der Waals surface area (Å²) < 4.78 is 12.6. The van der Waals surface area contributed by atoms with E-state index in [1.165, 1.54) is 5.56 Å². The molecule has 0 atom stereocenters. The van der Waals surface area contributed by atoms with Crippen molar-refractivity contribution in [3.8, 4) is 5.75 Å². The van der Waals surface area contributed by atoms with Gasteiger partial charge in [0.05, 0.1) is 13.0 Å². The van der Waals surface area contributed by atoms with Gasteiger partial charge in [0.25, 0.3) is 0 Å². The SMILES string of the molecule is CCCc1cc(CC(=O)O)cc2cc(CCOc3ccc4cc(CC(C)(C)C)oc4c3CCC)[nH]c12. The summed E-state index contributed by atoms with van der Waals surface area (Å²) >= 11 is 0. The second-order valence-electron chi connectivity index (χ2n) is 11.1. The number of furan rings is 1. The lowest BCUT2D eigenvalue weighted by Crippen LogP contribution is -2.08. The molecule has 4 aromatic rings. The number of hydrogen-bond acceptors (Lipinski definition) is 3. The maximum Gasteiger partial charge on any atom is 0.307 e. The number of aromatic nitrogens is 1. The Morgan fingerprint density at radius 3 is 2.47 bits per heavy atom. The van der Waals surface area contributed by atoms with Gasteiger partial charge in [0, 0.05) is 40.4 Å². The van der Waals surface area contributed by atoms with Crippen molar-refractivity contribution in [2.24, 2.45) is 5.41 Å². The fraction of sp³-hybridized carbons (Fsp3) is 0.452. The summed E-state index contributed by atoms with van der Waals surface area (Å²) in [4.78, 5) is 14.8. The normalized spacial score (nSPS) is 12.0. The largest absolute Gasteiger partial charge is 0.493 e. The number of benzene rings is 2. The van der Waals surface area contributed by atoms with Crippen LogP contribution in [-0.2, 0) is 36.9 Å². The van der Waals surface area contributed by atoms with Gasteiger partial charge in [-0.15, -0.1) is 0 Å². The van der Waals surface area contributed by atoms with E-state index in [-0.39, 0.29) is 11.8 Å². The molecule has 2 N–H and O–H groups in total. The third-order valence-electron chi connectivity index (χ3n) is 6.43. The Bertz CT molecular complexity index is 1350. The summed E-state index contributed by atoms with van der Waals surface area (Å²) in [6.45, 7) is 11.6. The van der Waals surface area contributed by atoms with Crippen LogP contribution in [0.15, 0.2) is 40.8 Å². The van der Waals surface area contributed by atoms with Crippen LogP contribution >= 0.6 is 0 Å². The molecule has 0 aliphatic carbocycles. The molecule has 0 unspecified atom stereocenters. The molecule has 5 nitrogen and oxygen atoms in total. The van der Waals surface area contributed by atoms with E-state index in [9.17, 15) is 9.90 Å². The van der Waals surface area contributed by atoms with Crippen molar-refractivity contribution in [3.05, 3.63) is 64.5 Å². The van der Waals surface area contributed by atoms with Crippen LogP contribution in [0.2, 0.25) is 0 Å². The summed E-state index contributed by atoms with van der Waals surface area (Å²) in [5.74, 6) is 1.12. The quantitative estimate of drug-likeness (QED) is 0.227. The number of carboxylic acid groups (broad SMARTS) is 1. The lowest BCUT2D eigenvalue weighted by Gasteiger charge is -2.15. The summed E-state index contributed by atoms with van der Waals surface area (Å²) in [6, 6.07) is 12.5. The minimum Gasteiger partial charge on any atom is -0.493 e. The maximum absolute atomic E-state index is 11.2. The first kappa shape index (κ1) is 25.9. The van der Waals surface area contributed by atoms with Crippen LogP contribution in [0.1, 0.15) is 75.6 Å². The number of ether oxygens (including phenoxy) is 1. The molecule has 4 rings (SSSR count). The minimum absolute atomic E-state index is 0.0448. The van der Waals surface area contributed by atoms with Crippen molar-refractivity contribution < 1.29 is 19.1 Å². The number of fused-ring (bicyclic) bond motifs is 2. The van der Waals surface area contributed by atoms with Crippen molar-refractivity contribution in [2.45, 2.75) is 79.6 Å².